The van der Waals surface area contributed by atoms with Crippen LogP contribution in [0.4, 0.5) is 0 Å². The topological polar surface area (TPSA) is 67.6 Å². The van der Waals surface area contributed by atoms with Gasteiger partial charge in [0.15, 0.2) is 0 Å². The van der Waals surface area contributed by atoms with Gasteiger partial charge in [-0.1, -0.05) is 23.7 Å². The molecule has 6 nitrogen and oxygen atoms in total. The second-order valence-electron chi connectivity index (χ2n) is 8.09. The molecule has 1 aliphatic rings. The number of phenols is 1. The third-order valence-electron chi connectivity index (χ3n) is 5.70. The predicted molar refractivity (Wildman–Crippen MR) is 120 cm³/mol. The molecule has 1 aliphatic carbocycles. The monoisotopic (exact) mass is 439 g/mol. The summed E-state index contributed by atoms with van der Waals surface area (Å²) in [6.45, 7) is 2.79. The number of aromatic nitrogens is 2. The van der Waals surface area contributed by atoms with Gasteiger partial charge >= 0.3 is 0 Å². The zero-order valence-electron chi connectivity index (χ0n) is 17.9. The minimum atomic E-state index is -0.0960. The minimum absolute atomic E-state index is 0.0231. The molecule has 2 aromatic carbocycles. The number of carbonyl (C=O) groups is 1. The van der Waals surface area contributed by atoms with Gasteiger partial charge in [0.05, 0.1) is 17.8 Å². The van der Waals surface area contributed by atoms with E-state index in [0.29, 0.717) is 24.7 Å². The number of aromatic hydroxyl groups is 1. The van der Waals surface area contributed by atoms with Crippen LogP contribution in [0, 0.1) is 6.92 Å². The first kappa shape index (κ1) is 21.2. The number of carbonyl (C=O) groups excluding carboxylic acids is 1. The Hall–Kier alpha value is -2.99. The molecule has 0 atom stereocenters. The predicted octanol–water partition coefficient (Wildman–Crippen LogP) is 4.82. The van der Waals surface area contributed by atoms with Crippen molar-refractivity contribution in [2.45, 2.75) is 38.8 Å². The highest BCUT2D eigenvalue weighted by Gasteiger charge is 2.29. The van der Waals surface area contributed by atoms with Gasteiger partial charge in [0.2, 0.25) is 0 Å². The number of halogens is 1. The Labute approximate surface area is 187 Å². The SMILES string of the molecule is COc1ccc(CN(Cc2ccc(O)c(Cl)c2)C(=O)c2cc(C3CC3)nn2C)c(C)c1. The lowest BCUT2D eigenvalue weighted by Gasteiger charge is -2.24. The normalized spacial score (nSPS) is 13.3. The molecular formula is C24H26ClN3O3. The summed E-state index contributed by atoms with van der Waals surface area (Å²) in [7, 11) is 3.45. The van der Waals surface area contributed by atoms with Crippen molar-refractivity contribution in [1.82, 2.24) is 14.7 Å². The summed E-state index contributed by atoms with van der Waals surface area (Å²) in [6.07, 6.45) is 2.26. The van der Waals surface area contributed by atoms with Crippen LogP contribution in [0.5, 0.6) is 11.5 Å². The summed E-state index contributed by atoms with van der Waals surface area (Å²) in [5, 5.41) is 14.6. The van der Waals surface area contributed by atoms with Crippen LogP contribution in [-0.2, 0) is 20.1 Å². The van der Waals surface area contributed by atoms with E-state index in [9.17, 15) is 9.90 Å². The van der Waals surface area contributed by atoms with Crippen molar-refractivity contribution in [3.05, 3.63) is 75.6 Å². The van der Waals surface area contributed by atoms with E-state index in [2.05, 4.69) is 5.10 Å². The third-order valence-corrected chi connectivity index (χ3v) is 6.00. The van der Waals surface area contributed by atoms with E-state index in [4.69, 9.17) is 16.3 Å². The van der Waals surface area contributed by atoms with Crippen LogP contribution in [-0.4, -0.2) is 32.8 Å². The lowest BCUT2D eigenvalue weighted by molar-refractivity contribution is 0.0718. The average molecular weight is 440 g/mol. The Morgan fingerprint density at radius 1 is 1.23 bits per heavy atom. The van der Waals surface area contributed by atoms with E-state index in [0.717, 1.165) is 41.0 Å². The van der Waals surface area contributed by atoms with E-state index < -0.39 is 0 Å². The van der Waals surface area contributed by atoms with Crippen molar-refractivity contribution in [2.75, 3.05) is 7.11 Å². The Balaban J connectivity index is 1.65. The van der Waals surface area contributed by atoms with Gasteiger partial charge in [0.1, 0.15) is 17.2 Å². The Morgan fingerprint density at radius 3 is 2.65 bits per heavy atom. The van der Waals surface area contributed by atoms with Gasteiger partial charge in [-0.3, -0.25) is 9.48 Å². The smallest absolute Gasteiger partial charge is 0.272 e. The van der Waals surface area contributed by atoms with Gasteiger partial charge in [0.25, 0.3) is 5.91 Å². The molecular weight excluding hydrogens is 414 g/mol. The summed E-state index contributed by atoms with van der Waals surface area (Å²) >= 11 is 6.10. The Morgan fingerprint density at radius 2 is 2.00 bits per heavy atom. The van der Waals surface area contributed by atoms with Gasteiger partial charge in [-0.05, 0) is 66.8 Å². The van der Waals surface area contributed by atoms with Crippen LogP contribution in [0.3, 0.4) is 0 Å². The summed E-state index contributed by atoms with van der Waals surface area (Å²) in [6, 6.07) is 12.8. The van der Waals surface area contributed by atoms with Crippen molar-refractivity contribution in [3.63, 3.8) is 0 Å². The number of nitrogens with zero attached hydrogens (tertiary/aromatic N) is 3. The van der Waals surface area contributed by atoms with Crippen LogP contribution >= 0.6 is 11.6 Å². The third kappa shape index (κ3) is 4.69. The quantitative estimate of drug-likeness (QED) is 0.573. The highest BCUT2D eigenvalue weighted by atomic mass is 35.5. The Bertz CT molecular complexity index is 1120. The second-order valence-corrected chi connectivity index (χ2v) is 8.50. The number of rotatable bonds is 7. The fraction of sp³-hybridized carbons (Fsp3) is 0.333. The highest BCUT2D eigenvalue weighted by Crippen LogP contribution is 2.39. The molecule has 162 valence electrons. The maximum absolute atomic E-state index is 13.6. The molecule has 0 saturated heterocycles. The molecule has 1 heterocycles. The summed E-state index contributed by atoms with van der Waals surface area (Å²) in [4.78, 5) is 15.4. The van der Waals surface area contributed by atoms with Gasteiger partial charge in [-0.25, -0.2) is 0 Å². The number of amides is 1. The molecule has 1 saturated carbocycles. The Kier molecular flexibility index (Phi) is 5.92. The number of aryl methyl sites for hydroxylation is 2. The maximum Gasteiger partial charge on any atom is 0.272 e. The van der Waals surface area contributed by atoms with Crippen LogP contribution in [0.25, 0.3) is 0 Å². The van der Waals surface area contributed by atoms with Crippen LogP contribution < -0.4 is 4.74 Å². The number of hydrogen-bond donors (Lipinski definition) is 1. The van der Waals surface area contributed by atoms with Crippen molar-refractivity contribution < 1.29 is 14.6 Å². The van der Waals surface area contributed by atoms with Gasteiger partial charge in [0, 0.05) is 26.1 Å². The molecule has 1 fully saturated rings. The van der Waals surface area contributed by atoms with Crippen molar-refractivity contribution in [1.29, 1.82) is 0 Å². The fourth-order valence-corrected chi connectivity index (χ4v) is 3.88. The van der Waals surface area contributed by atoms with E-state index in [1.54, 1.807) is 34.9 Å². The minimum Gasteiger partial charge on any atom is -0.506 e. The first-order valence-corrected chi connectivity index (χ1v) is 10.7. The molecule has 0 bridgehead atoms. The lowest BCUT2D eigenvalue weighted by Crippen LogP contribution is -2.31. The molecule has 7 heteroatoms. The molecule has 0 spiro atoms. The van der Waals surface area contributed by atoms with Crippen molar-refractivity contribution in [2.24, 2.45) is 7.05 Å². The summed E-state index contributed by atoms with van der Waals surface area (Å²) in [5.41, 5.74) is 4.47. The van der Waals surface area contributed by atoms with E-state index in [-0.39, 0.29) is 16.7 Å². The first-order valence-electron chi connectivity index (χ1n) is 10.3. The molecule has 3 aromatic rings. The lowest BCUT2D eigenvalue weighted by atomic mass is 10.1. The molecule has 0 aliphatic heterocycles. The second kappa shape index (κ2) is 8.63. The average Bonchev–Trinajstić information content (AvgIpc) is 3.53. The molecule has 0 unspecified atom stereocenters. The van der Waals surface area contributed by atoms with E-state index in [1.807, 2.05) is 38.2 Å². The van der Waals surface area contributed by atoms with Gasteiger partial charge < -0.3 is 14.7 Å². The summed E-state index contributed by atoms with van der Waals surface area (Å²) in [5.74, 6) is 1.18. The zero-order valence-corrected chi connectivity index (χ0v) is 18.7. The number of benzene rings is 2. The molecule has 1 N–H and O–H groups in total. The summed E-state index contributed by atoms with van der Waals surface area (Å²) < 4.78 is 6.98. The zero-order chi connectivity index (χ0) is 22.1. The largest absolute Gasteiger partial charge is 0.506 e. The van der Waals surface area contributed by atoms with E-state index >= 15 is 0 Å². The molecule has 0 radical (unpaired) electrons. The molecule has 1 amide bonds. The number of hydrogen-bond acceptors (Lipinski definition) is 4. The van der Waals surface area contributed by atoms with Crippen molar-refractivity contribution >= 4 is 17.5 Å². The number of phenolic OH excluding ortho intramolecular Hbond substituents is 1. The molecule has 4 rings (SSSR count). The van der Waals surface area contributed by atoms with Crippen molar-refractivity contribution in [3.8, 4) is 11.5 Å². The fourth-order valence-electron chi connectivity index (χ4n) is 3.68. The maximum atomic E-state index is 13.6. The van der Waals surface area contributed by atoms with Crippen LogP contribution in [0.15, 0.2) is 42.5 Å². The van der Waals surface area contributed by atoms with Crippen LogP contribution in [0.2, 0.25) is 5.02 Å². The first-order chi connectivity index (χ1) is 14.9. The van der Waals surface area contributed by atoms with E-state index in [1.165, 1.54) is 0 Å². The van der Waals surface area contributed by atoms with Crippen LogP contribution in [0.1, 0.15) is 51.6 Å². The molecule has 31 heavy (non-hydrogen) atoms. The standard InChI is InChI=1S/C24H26ClN3O3/c1-15-10-19(31-3)8-7-18(15)14-28(13-16-4-9-23(29)20(25)11-16)24(30)22-12-21(17-5-6-17)26-27(22)2/h4,7-12,17,29H,5-6,13-14H2,1-3H3. The molecule has 1 aromatic heterocycles. The van der Waals surface area contributed by atoms with Gasteiger partial charge in [-0.2, -0.15) is 5.10 Å². The number of ether oxygens (including phenoxy) is 1. The van der Waals surface area contributed by atoms with Gasteiger partial charge in [-0.15, -0.1) is 0 Å². The highest BCUT2D eigenvalue weighted by molar-refractivity contribution is 6.32. The number of methoxy groups -OCH3 is 1.